The molecule has 0 spiro atoms. The molecule has 17 heavy (non-hydrogen) atoms. The van der Waals surface area contributed by atoms with Crippen molar-refractivity contribution in [1.29, 1.82) is 0 Å². The van der Waals surface area contributed by atoms with Crippen molar-refractivity contribution in [3.63, 3.8) is 0 Å². The third-order valence-electron chi connectivity index (χ3n) is 2.75. The highest BCUT2D eigenvalue weighted by molar-refractivity contribution is 5.85. The first-order valence-corrected chi connectivity index (χ1v) is 5.36. The summed E-state index contributed by atoms with van der Waals surface area (Å²) in [5.41, 5.74) is 1.45. The first kappa shape index (κ1) is 11.6. The summed E-state index contributed by atoms with van der Waals surface area (Å²) < 4.78 is 18.6. The number of rotatable bonds is 2. The van der Waals surface area contributed by atoms with E-state index in [1.54, 1.807) is 12.1 Å². The van der Waals surface area contributed by atoms with E-state index in [2.05, 4.69) is 4.74 Å². The summed E-state index contributed by atoms with van der Waals surface area (Å²) in [5.74, 6) is -0.775. The van der Waals surface area contributed by atoms with Crippen molar-refractivity contribution >= 4 is 16.7 Å². The molecule has 0 amide bonds. The van der Waals surface area contributed by atoms with Crippen LogP contribution in [0.15, 0.2) is 30.3 Å². The van der Waals surface area contributed by atoms with Crippen molar-refractivity contribution in [1.82, 2.24) is 0 Å². The van der Waals surface area contributed by atoms with Gasteiger partial charge in [0.15, 0.2) is 0 Å². The molecule has 88 valence electrons. The van der Waals surface area contributed by atoms with Crippen LogP contribution in [0.1, 0.15) is 11.1 Å². The van der Waals surface area contributed by atoms with Crippen LogP contribution in [-0.2, 0) is 16.0 Å². The number of esters is 1. The fourth-order valence-electron chi connectivity index (χ4n) is 1.82. The second-order valence-corrected chi connectivity index (χ2v) is 4.02. The Hall–Kier alpha value is -1.90. The number of hydrogen-bond acceptors (Lipinski definition) is 2. The molecule has 2 aromatic rings. The van der Waals surface area contributed by atoms with Crippen molar-refractivity contribution in [2.24, 2.45) is 0 Å². The van der Waals surface area contributed by atoms with Gasteiger partial charge < -0.3 is 4.74 Å². The predicted octanol–water partition coefficient (Wildman–Crippen LogP) is 3.00. The standard InChI is InChI=1S/C14H13FO2/c1-9-3-6-12-10(7-9)4-5-11(14(12)15)8-13(16)17-2/h3-7H,8H2,1-2H3. The van der Waals surface area contributed by atoms with Crippen LogP contribution in [0.5, 0.6) is 0 Å². The Kier molecular flexibility index (Phi) is 3.09. The third kappa shape index (κ3) is 2.28. The lowest BCUT2D eigenvalue weighted by Gasteiger charge is -2.06. The Morgan fingerprint density at radius 2 is 2.06 bits per heavy atom. The SMILES string of the molecule is COC(=O)Cc1ccc2cc(C)ccc2c1F. The molecule has 0 aromatic heterocycles. The maximum Gasteiger partial charge on any atom is 0.310 e. The molecule has 0 aliphatic carbocycles. The molecule has 0 aliphatic rings. The van der Waals surface area contributed by atoms with Gasteiger partial charge in [0.05, 0.1) is 13.5 Å². The van der Waals surface area contributed by atoms with E-state index in [1.807, 2.05) is 25.1 Å². The number of carbonyl (C=O) groups excluding carboxylic acids is 1. The van der Waals surface area contributed by atoms with Crippen molar-refractivity contribution in [3.05, 3.63) is 47.3 Å². The second kappa shape index (κ2) is 4.53. The Labute approximate surface area is 99.0 Å². The molecule has 0 fully saturated rings. The highest BCUT2D eigenvalue weighted by Crippen LogP contribution is 2.22. The molecule has 0 N–H and O–H groups in total. The van der Waals surface area contributed by atoms with Gasteiger partial charge in [-0.2, -0.15) is 0 Å². The maximum atomic E-state index is 14.1. The summed E-state index contributed by atoms with van der Waals surface area (Å²) >= 11 is 0. The number of ether oxygens (including phenoxy) is 1. The Bertz CT molecular complexity index is 576. The molecule has 0 bridgehead atoms. The van der Waals surface area contributed by atoms with Crippen molar-refractivity contribution in [3.8, 4) is 0 Å². The molecule has 3 heteroatoms. The Morgan fingerprint density at radius 1 is 1.29 bits per heavy atom. The lowest BCUT2D eigenvalue weighted by atomic mass is 10.0. The zero-order valence-electron chi connectivity index (χ0n) is 9.79. The molecule has 2 rings (SSSR count). The molecular weight excluding hydrogens is 219 g/mol. The normalized spacial score (nSPS) is 10.5. The van der Waals surface area contributed by atoms with Gasteiger partial charge in [-0.3, -0.25) is 4.79 Å². The highest BCUT2D eigenvalue weighted by atomic mass is 19.1. The topological polar surface area (TPSA) is 26.3 Å². The minimum Gasteiger partial charge on any atom is -0.469 e. The molecule has 0 aliphatic heterocycles. The summed E-state index contributed by atoms with van der Waals surface area (Å²) in [6, 6.07) is 8.96. The number of aryl methyl sites for hydroxylation is 1. The second-order valence-electron chi connectivity index (χ2n) is 4.02. The quantitative estimate of drug-likeness (QED) is 0.744. The molecule has 0 saturated heterocycles. The lowest BCUT2D eigenvalue weighted by Crippen LogP contribution is -2.06. The van der Waals surface area contributed by atoms with Gasteiger partial charge in [-0.25, -0.2) is 4.39 Å². The average Bonchev–Trinajstić information content (AvgIpc) is 2.32. The molecule has 0 heterocycles. The largest absolute Gasteiger partial charge is 0.469 e. The minimum atomic E-state index is -0.435. The van der Waals surface area contributed by atoms with Crippen LogP contribution >= 0.6 is 0 Å². The summed E-state index contributed by atoms with van der Waals surface area (Å²) in [7, 11) is 1.30. The lowest BCUT2D eigenvalue weighted by molar-refractivity contribution is -0.139. The van der Waals surface area contributed by atoms with Crippen molar-refractivity contribution in [2.45, 2.75) is 13.3 Å². The van der Waals surface area contributed by atoms with Gasteiger partial charge in [-0.1, -0.05) is 35.9 Å². The van der Waals surface area contributed by atoms with E-state index in [9.17, 15) is 9.18 Å². The van der Waals surface area contributed by atoms with Crippen LogP contribution in [0.25, 0.3) is 10.8 Å². The van der Waals surface area contributed by atoms with Gasteiger partial charge in [-0.15, -0.1) is 0 Å². The van der Waals surface area contributed by atoms with E-state index >= 15 is 0 Å². The molecule has 0 atom stereocenters. The van der Waals surface area contributed by atoms with Crippen LogP contribution in [0.2, 0.25) is 0 Å². The van der Waals surface area contributed by atoms with Crippen molar-refractivity contribution in [2.75, 3.05) is 7.11 Å². The molecule has 0 saturated carbocycles. The molecule has 0 unspecified atom stereocenters. The highest BCUT2D eigenvalue weighted by Gasteiger charge is 2.11. The van der Waals surface area contributed by atoms with Crippen LogP contribution in [0, 0.1) is 12.7 Å². The number of carbonyl (C=O) groups is 1. The molecule has 0 radical (unpaired) electrons. The van der Waals surface area contributed by atoms with Gasteiger partial charge in [0.2, 0.25) is 0 Å². The fraction of sp³-hybridized carbons (Fsp3) is 0.214. The van der Waals surface area contributed by atoms with E-state index in [0.717, 1.165) is 10.9 Å². The smallest absolute Gasteiger partial charge is 0.310 e. The number of methoxy groups -OCH3 is 1. The van der Waals surface area contributed by atoms with Crippen LogP contribution in [-0.4, -0.2) is 13.1 Å². The number of hydrogen-bond donors (Lipinski definition) is 0. The first-order valence-electron chi connectivity index (χ1n) is 5.36. The third-order valence-corrected chi connectivity index (χ3v) is 2.75. The Balaban J connectivity index is 2.50. The van der Waals surface area contributed by atoms with Crippen LogP contribution in [0.3, 0.4) is 0 Å². The van der Waals surface area contributed by atoms with Gasteiger partial charge >= 0.3 is 5.97 Å². The van der Waals surface area contributed by atoms with E-state index < -0.39 is 5.97 Å². The van der Waals surface area contributed by atoms with Gasteiger partial charge in [0.25, 0.3) is 0 Å². The van der Waals surface area contributed by atoms with Gasteiger partial charge in [0, 0.05) is 5.39 Å². The predicted molar refractivity (Wildman–Crippen MR) is 64.4 cm³/mol. The molecular formula is C14H13FO2. The van der Waals surface area contributed by atoms with E-state index in [0.29, 0.717) is 10.9 Å². The van der Waals surface area contributed by atoms with E-state index in [4.69, 9.17) is 0 Å². The van der Waals surface area contributed by atoms with Crippen LogP contribution < -0.4 is 0 Å². The van der Waals surface area contributed by atoms with E-state index in [1.165, 1.54) is 7.11 Å². The Morgan fingerprint density at radius 3 is 2.76 bits per heavy atom. The van der Waals surface area contributed by atoms with Gasteiger partial charge in [-0.05, 0) is 17.9 Å². The minimum absolute atomic E-state index is 0.0356. The monoisotopic (exact) mass is 232 g/mol. The summed E-state index contributed by atoms with van der Waals surface area (Å²) in [5, 5.41) is 1.38. The van der Waals surface area contributed by atoms with Gasteiger partial charge in [0.1, 0.15) is 5.82 Å². The molecule has 2 aromatic carbocycles. The fourth-order valence-corrected chi connectivity index (χ4v) is 1.82. The zero-order chi connectivity index (χ0) is 12.4. The first-order chi connectivity index (χ1) is 8.11. The summed E-state index contributed by atoms with van der Waals surface area (Å²) in [6.45, 7) is 1.96. The average molecular weight is 232 g/mol. The number of halogens is 1. The zero-order valence-corrected chi connectivity index (χ0v) is 9.79. The van der Waals surface area contributed by atoms with Crippen molar-refractivity contribution < 1.29 is 13.9 Å². The van der Waals surface area contributed by atoms with Crippen LogP contribution in [0.4, 0.5) is 4.39 Å². The maximum absolute atomic E-state index is 14.1. The molecule has 2 nitrogen and oxygen atoms in total. The summed E-state index contributed by atoms with van der Waals surface area (Å²) in [6.07, 6.45) is -0.0356. The van der Waals surface area contributed by atoms with E-state index in [-0.39, 0.29) is 12.2 Å². The number of fused-ring (bicyclic) bond motifs is 1. The number of benzene rings is 2. The summed E-state index contributed by atoms with van der Waals surface area (Å²) in [4.78, 5) is 11.1.